The fourth-order valence-corrected chi connectivity index (χ4v) is 3.62. The first-order valence-electron chi connectivity index (χ1n) is 5.67. The molecule has 1 atom stereocenters. The van der Waals surface area contributed by atoms with Crippen LogP contribution in [0.25, 0.3) is 0 Å². The van der Waals surface area contributed by atoms with E-state index in [-0.39, 0.29) is 11.5 Å². The van der Waals surface area contributed by atoms with Gasteiger partial charge in [-0.3, -0.25) is 0 Å². The lowest BCUT2D eigenvalue weighted by Gasteiger charge is -2.21. The highest BCUT2D eigenvalue weighted by atomic mass is 32.2. The molecule has 5 heteroatoms. The molecule has 0 aromatic heterocycles. The van der Waals surface area contributed by atoms with Crippen molar-refractivity contribution < 1.29 is 8.42 Å². The van der Waals surface area contributed by atoms with Crippen LogP contribution in [0.5, 0.6) is 0 Å². The minimum absolute atomic E-state index is 0.257. The molecule has 1 unspecified atom stereocenters. The smallest absolute Gasteiger partial charge is 0.151 e. The molecule has 0 amide bonds. The summed E-state index contributed by atoms with van der Waals surface area (Å²) in [4.78, 5) is 0. The van der Waals surface area contributed by atoms with E-state index in [1.165, 1.54) is 25.0 Å². The van der Waals surface area contributed by atoms with Crippen molar-refractivity contribution in [3.63, 3.8) is 0 Å². The zero-order valence-corrected chi connectivity index (χ0v) is 11.0. The zero-order valence-electron chi connectivity index (χ0n) is 9.37. The van der Waals surface area contributed by atoms with Crippen molar-refractivity contribution in [1.82, 2.24) is 5.32 Å². The zero-order chi connectivity index (χ0) is 11.1. The van der Waals surface area contributed by atoms with E-state index in [9.17, 15) is 8.42 Å². The summed E-state index contributed by atoms with van der Waals surface area (Å²) in [7, 11) is -2.79. The van der Waals surface area contributed by atoms with Crippen molar-refractivity contribution >= 4 is 21.6 Å². The third kappa shape index (κ3) is 5.78. The van der Waals surface area contributed by atoms with E-state index in [2.05, 4.69) is 5.32 Å². The molecule has 0 aromatic rings. The van der Waals surface area contributed by atoms with E-state index in [0.717, 1.165) is 6.54 Å². The second-order valence-corrected chi connectivity index (χ2v) is 7.81. The lowest BCUT2D eigenvalue weighted by Crippen LogP contribution is -2.31. The summed E-state index contributed by atoms with van der Waals surface area (Å²) in [5.41, 5.74) is 0. The van der Waals surface area contributed by atoms with Crippen molar-refractivity contribution in [2.75, 3.05) is 30.3 Å². The average Bonchev–Trinajstić information content (AvgIpc) is 2.26. The molecule has 0 bridgehead atoms. The predicted molar refractivity (Wildman–Crippen MR) is 67.3 cm³/mol. The van der Waals surface area contributed by atoms with Gasteiger partial charge in [-0.2, -0.15) is 11.8 Å². The Bertz CT molecular complexity index is 259. The molecular weight excluding hydrogens is 230 g/mol. The largest absolute Gasteiger partial charge is 0.315 e. The van der Waals surface area contributed by atoms with E-state index in [0.29, 0.717) is 11.8 Å². The van der Waals surface area contributed by atoms with Crippen molar-refractivity contribution in [2.45, 2.75) is 31.4 Å². The Hall–Kier alpha value is 0.260. The Morgan fingerprint density at radius 3 is 2.80 bits per heavy atom. The first-order valence-corrected chi connectivity index (χ1v) is 8.54. The summed E-state index contributed by atoms with van der Waals surface area (Å²) in [6.07, 6.45) is 3.94. The van der Waals surface area contributed by atoms with E-state index >= 15 is 0 Å². The molecule has 0 radical (unpaired) electrons. The van der Waals surface area contributed by atoms with Crippen LogP contribution in [-0.2, 0) is 9.84 Å². The maximum absolute atomic E-state index is 11.2. The van der Waals surface area contributed by atoms with Gasteiger partial charge < -0.3 is 5.32 Å². The third-order valence-corrected chi connectivity index (χ3v) is 5.78. The summed E-state index contributed by atoms with van der Waals surface area (Å²) in [5, 5.41) is 3.94. The van der Waals surface area contributed by atoms with Crippen LogP contribution in [0.4, 0.5) is 0 Å². The molecule has 0 spiro atoms. The van der Waals surface area contributed by atoms with Gasteiger partial charge in [-0.25, -0.2) is 8.42 Å². The molecule has 1 rings (SSSR count). The molecule has 1 fully saturated rings. The van der Waals surface area contributed by atoms with Crippen molar-refractivity contribution in [2.24, 2.45) is 0 Å². The minimum atomic E-state index is -2.79. The molecule has 1 N–H and O–H groups in total. The summed E-state index contributed by atoms with van der Waals surface area (Å²) in [5.74, 6) is 1.80. The number of thioether (sulfide) groups is 1. The fourth-order valence-electron chi connectivity index (χ4n) is 1.60. The van der Waals surface area contributed by atoms with Gasteiger partial charge in [0.15, 0.2) is 9.84 Å². The Morgan fingerprint density at radius 2 is 2.20 bits per heavy atom. The quantitative estimate of drug-likeness (QED) is 0.723. The Kier molecular flexibility index (Phi) is 6.00. The summed E-state index contributed by atoms with van der Waals surface area (Å²) < 4.78 is 22.4. The van der Waals surface area contributed by atoms with E-state index in [1.54, 1.807) is 6.92 Å². The fraction of sp³-hybridized carbons (Fsp3) is 1.00. The van der Waals surface area contributed by atoms with Crippen LogP contribution in [0, 0.1) is 0 Å². The van der Waals surface area contributed by atoms with Gasteiger partial charge >= 0.3 is 0 Å². The Morgan fingerprint density at radius 1 is 1.40 bits per heavy atom. The lowest BCUT2D eigenvalue weighted by molar-refractivity contribution is 0.584. The van der Waals surface area contributed by atoms with E-state index < -0.39 is 9.84 Å². The van der Waals surface area contributed by atoms with Gasteiger partial charge in [0.05, 0.1) is 5.75 Å². The number of sulfone groups is 1. The van der Waals surface area contributed by atoms with Gasteiger partial charge in [0, 0.05) is 24.1 Å². The summed E-state index contributed by atoms with van der Waals surface area (Å²) in [6.45, 7) is 3.27. The first kappa shape index (κ1) is 13.3. The van der Waals surface area contributed by atoms with Crippen LogP contribution in [0.2, 0.25) is 0 Å². The van der Waals surface area contributed by atoms with Gasteiger partial charge in [-0.05, 0) is 18.6 Å². The normalized spacial score (nSPS) is 22.9. The molecule has 1 heterocycles. The highest BCUT2D eigenvalue weighted by Crippen LogP contribution is 2.24. The maximum atomic E-state index is 11.2. The van der Waals surface area contributed by atoms with Crippen LogP contribution < -0.4 is 5.32 Å². The third-order valence-electron chi connectivity index (χ3n) is 2.68. The number of rotatable bonds is 6. The van der Waals surface area contributed by atoms with Crippen LogP contribution in [0.3, 0.4) is 0 Å². The van der Waals surface area contributed by atoms with E-state index in [1.807, 2.05) is 11.8 Å². The molecule has 90 valence electrons. The first-order chi connectivity index (χ1) is 7.14. The van der Waals surface area contributed by atoms with E-state index in [4.69, 9.17) is 0 Å². The molecule has 1 aliphatic heterocycles. The maximum Gasteiger partial charge on any atom is 0.151 e. The average molecular weight is 251 g/mol. The Balaban J connectivity index is 2.06. The predicted octanol–water partition coefficient (Wildman–Crippen LogP) is 1.30. The monoisotopic (exact) mass is 251 g/mol. The molecule has 0 saturated carbocycles. The topological polar surface area (TPSA) is 46.2 Å². The van der Waals surface area contributed by atoms with Gasteiger partial charge in [0.2, 0.25) is 0 Å². The Labute approximate surface area is 97.3 Å². The highest BCUT2D eigenvalue weighted by molar-refractivity contribution is 7.99. The van der Waals surface area contributed by atoms with Gasteiger partial charge in [-0.15, -0.1) is 0 Å². The molecular formula is C10H21NO2S2. The molecule has 15 heavy (non-hydrogen) atoms. The number of hydrogen-bond acceptors (Lipinski definition) is 4. The molecule has 0 aliphatic carbocycles. The standard InChI is InChI=1S/C10H21NO2S2/c1-2-15(12,13)8-6-11-9-10-5-3-4-7-14-10/h10-11H,2-9H2,1H3. The van der Waals surface area contributed by atoms with Gasteiger partial charge in [0.25, 0.3) is 0 Å². The van der Waals surface area contributed by atoms with Gasteiger partial charge in [0.1, 0.15) is 0 Å². The molecule has 1 saturated heterocycles. The van der Waals surface area contributed by atoms with Crippen molar-refractivity contribution in [1.29, 1.82) is 0 Å². The van der Waals surface area contributed by atoms with Crippen molar-refractivity contribution in [3.8, 4) is 0 Å². The second kappa shape index (κ2) is 6.76. The minimum Gasteiger partial charge on any atom is -0.315 e. The second-order valence-electron chi connectivity index (χ2n) is 3.93. The van der Waals surface area contributed by atoms with Crippen LogP contribution in [0.1, 0.15) is 26.2 Å². The van der Waals surface area contributed by atoms with Gasteiger partial charge in [-0.1, -0.05) is 13.3 Å². The van der Waals surface area contributed by atoms with Crippen molar-refractivity contribution in [3.05, 3.63) is 0 Å². The molecule has 0 aromatic carbocycles. The highest BCUT2D eigenvalue weighted by Gasteiger charge is 2.13. The number of nitrogens with one attached hydrogen (secondary N) is 1. The van der Waals surface area contributed by atoms with Crippen LogP contribution in [-0.4, -0.2) is 44.0 Å². The summed E-state index contributed by atoms with van der Waals surface area (Å²) in [6, 6.07) is 0. The summed E-state index contributed by atoms with van der Waals surface area (Å²) >= 11 is 2.01. The van der Waals surface area contributed by atoms with Crippen LogP contribution >= 0.6 is 11.8 Å². The molecule has 1 aliphatic rings. The molecule has 3 nitrogen and oxygen atoms in total. The lowest BCUT2D eigenvalue weighted by atomic mass is 10.2. The van der Waals surface area contributed by atoms with Crippen LogP contribution in [0.15, 0.2) is 0 Å². The SMILES string of the molecule is CCS(=O)(=O)CCNCC1CCCCS1. The number of hydrogen-bond donors (Lipinski definition) is 1.